The summed E-state index contributed by atoms with van der Waals surface area (Å²) in [5.74, 6) is 3.24. The Bertz CT molecular complexity index is 923. The van der Waals surface area contributed by atoms with Crippen molar-refractivity contribution in [2.45, 2.75) is 13.5 Å². The third-order valence-electron chi connectivity index (χ3n) is 4.13. The van der Waals surface area contributed by atoms with Crippen LogP contribution in [0.25, 0.3) is 11.4 Å². The number of anilines is 1. The lowest BCUT2D eigenvalue weighted by molar-refractivity contribution is 0.172. The van der Waals surface area contributed by atoms with E-state index in [0.717, 1.165) is 28.3 Å². The van der Waals surface area contributed by atoms with Crippen molar-refractivity contribution in [3.63, 3.8) is 0 Å². The summed E-state index contributed by atoms with van der Waals surface area (Å²) in [4.78, 5) is 4.44. The second-order valence-corrected chi connectivity index (χ2v) is 5.88. The van der Waals surface area contributed by atoms with E-state index in [1.807, 2.05) is 43.3 Å². The van der Waals surface area contributed by atoms with Gasteiger partial charge in [0.25, 0.3) is 0 Å². The number of ether oxygens (including phenoxy) is 3. The molecule has 7 heteroatoms. The van der Waals surface area contributed by atoms with Crippen LogP contribution in [0.3, 0.4) is 0 Å². The minimum absolute atomic E-state index is 0.385. The normalized spacial score (nSPS) is 12.7. The zero-order valence-electron chi connectivity index (χ0n) is 14.6. The number of hydrogen-bond donors (Lipinski definition) is 1. The Balaban J connectivity index is 1.49. The molecule has 0 spiro atoms. The summed E-state index contributed by atoms with van der Waals surface area (Å²) in [5.41, 5.74) is 2.73. The molecule has 26 heavy (non-hydrogen) atoms. The third kappa shape index (κ3) is 3.15. The van der Waals surface area contributed by atoms with E-state index in [4.69, 9.17) is 18.7 Å². The highest BCUT2D eigenvalue weighted by atomic mass is 16.6. The van der Waals surface area contributed by atoms with Gasteiger partial charge in [0.2, 0.25) is 11.7 Å². The van der Waals surface area contributed by atoms with Crippen LogP contribution in [-0.2, 0) is 6.54 Å². The van der Waals surface area contributed by atoms with E-state index in [2.05, 4.69) is 15.5 Å². The van der Waals surface area contributed by atoms with Crippen LogP contribution in [0.2, 0.25) is 0 Å². The number of rotatable bonds is 5. The van der Waals surface area contributed by atoms with Crippen molar-refractivity contribution < 1.29 is 18.7 Å². The highest BCUT2D eigenvalue weighted by Crippen LogP contribution is 2.37. The molecular weight excluding hydrogens is 334 g/mol. The predicted octanol–water partition coefficient (Wildman–Crippen LogP) is 3.44. The number of nitrogens with one attached hydrogen (secondary N) is 1. The van der Waals surface area contributed by atoms with Crippen LogP contribution in [0.1, 0.15) is 11.5 Å². The molecule has 0 amide bonds. The van der Waals surface area contributed by atoms with Gasteiger partial charge in [0, 0.05) is 5.56 Å². The Kier molecular flexibility index (Phi) is 4.35. The van der Waals surface area contributed by atoms with Gasteiger partial charge in [-0.15, -0.1) is 0 Å². The first-order valence-electron chi connectivity index (χ1n) is 8.34. The van der Waals surface area contributed by atoms with Gasteiger partial charge in [-0.3, -0.25) is 0 Å². The number of aromatic nitrogens is 2. The quantitative estimate of drug-likeness (QED) is 0.753. The van der Waals surface area contributed by atoms with E-state index in [1.165, 1.54) is 0 Å². The van der Waals surface area contributed by atoms with Gasteiger partial charge in [0.15, 0.2) is 11.5 Å². The minimum atomic E-state index is 0.385. The molecule has 2 aromatic carbocycles. The average Bonchev–Trinajstić information content (AvgIpc) is 3.15. The van der Waals surface area contributed by atoms with Gasteiger partial charge in [-0.2, -0.15) is 4.98 Å². The minimum Gasteiger partial charge on any atom is -0.496 e. The second kappa shape index (κ2) is 6.95. The molecule has 0 fully saturated rings. The van der Waals surface area contributed by atoms with Crippen molar-refractivity contribution in [2.24, 2.45) is 0 Å². The van der Waals surface area contributed by atoms with Crippen molar-refractivity contribution in [3.05, 3.63) is 47.9 Å². The number of para-hydroxylation sites is 1. The third-order valence-corrected chi connectivity index (χ3v) is 4.13. The van der Waals surface area contributed by atoms with Crippen LogP contribution < -0.4 is 19.5 Å². The molecule has 0 bridgehead atoms. The Hall–Kier alpha value is -3.22. The largest absolute Gasteiger partial charge is 0.496 e. The number of nitrogens with zero attached hydrogens (tertiary/aromatic N) is 2. The van der Waals surface area contributed by atoms with Crippen molar-refractivity contribution in [3.8, 4) is 28.6 Å². The van der Waals surface area contributed by atoms with Gasteiger partial charge in [-0.05, 0) is 30.7 Å². The van der Waals surface area contributed by atoms with E-state index in [-0.39, 0.29) is 0 Å². The molecule has 134 valence electrons. The Morgan fingerprint density at radius 2 is 2.04 bits per heavy atom. The van der Waals surface area contributed by atoms with Gasteiger partial charge in [0.05, 0.1) is 19.3 Å². The fraction of sp³-hybridized carbons (Fsp3) is 0.263. The van der Waals surface area contributed by atoms with Gasteiger partial charge < -0.3 is 24.1 Å². The highest BCUT2D eigenvalue weighted by molar-refractivity contribution is 5.63. The molecule has 0 radical (unpaired) electrons. The summed E-state index contributed by atoms with van der Waals surface area (Å²) in [6.07, 6.45) is 0. The Morgan fingerprint density at radius 3 is 2.92 bits per heavy atom. The molecular formula is C19H19N3O4. The molecule has 1 aliphatic rings. The number of hydrogen-bond acceptors (Lipinski definition) is 7. The molecule has 4 rings (SSSR count). The Morgan fingerprint density at radius 1 is 1.15 bits per heavy atom. The zero-order valence-corrected chi connectivity index (χ0v) is 14.6. The van der Waals surface area contributed by atoms with Crippen LogP contribution in [0, 0.1) is 6.92 Å². The van der Waals surface area contributed by atoms with Crippen LogP contribution in [-0.4, -0.2) is 30.5 Å². The van der Waals surface area contributed by atoms with E-state index in [1.54, 1.807) is 7.11 Å². The maximum atomic E-state index is 5.69. The summed E-state index contributed by atoms with van der Waals surface area (Å²) >= 11 is 0. The van der Waals surface area contributed by atoms with E-state index < -0.39 is 0 Å². The molecule has 2 heterocycles. The molecule has 0 aliphatic carbocycles. The van der Waals surface area contributed by atoms with Crippen LogP contribution in [0.15, 0.2) is 40.9 Å². The number of methoxy groups -OCH3 is 1. The average molecular weight is 353 g/mol. The first-order chi connectivity index (χ1) is 12.7. The molecule has 0 atom stereocenters. The lowest BCUT2D eigenvalue weighted by Gasteiger charge is -2.21. The van der Waals surface area contributed by atoms with Crippen molar-refractivity contribution in [1.82, 2.24) is 10.1 Å². The lowest BCUT2D eigenvalue weighted by Crippen LogP contribution is -2.16. The molecule has 1 aromatic heterocycles. The maximum absolute atomic E-state index is 5.69. The summed E-state index contributed by atoms with van der Waals surface area (Å²) in [6, 6.07) is 11.5. The molecule has 7 nitrogen and oxygen atoms in total. The molecule has 3 aromatic rings. The first kappa shape index (κ1) is 16.3. The summed E-state index contributed by atoms with van der Waals surface area (Å²) in [7, 11) is 1.64. The fourth-order valence-electron chi connectivity index (χ4n) is 2.79. The lowest BCUT2D eigenvalue weighted by atomic mass is 10.1. The van der Waals surface area contributed by atoms with Gasteiger partial charge >= 0.3 is 0 Å². The smallest absolute Gasteiger partial charge is 0.246 e. The number of fused-ring (bicyclic) bond motifs is 1. The molecule has 1 N–H and O–H groups in total. The summed E-state index contributed by atoms with van der Waals surface area (Å²) < 4.78 is 22.0. The summed E-state index contributed by atoms with van der Waals surface area (Å²) in [6.45, 7) is 3.46. The van der Waals surface area contributed by atoms with E-state index in [0.29, 0.717) is 37.2 Å². The molecule has 0 unspecified atom stereocenters. The van der Waals surface area contributed by atoms with Crippen LogP contribution in [0.5, 0.6) is 17.2 Å². The fourth-order valence-corrected chi connectivity index (χ4v) is 2.79. The monoisotopic (exact) mass is 353 g/mol. The topological polar surface area (TPSA) is 78.6 Å². The van der Waals surface area contributed by atoms with Crippen molar-refractivity contribution >= 4 is 5.69 Å². The standard InChI is InChI=1S/C19H19N3O4/c1-12-6-7-13(10-16(12)23-2)19-21-17(26-22-19)11-20-14-4-3-5-15-18(14)25-9-8-24-15/h3-7,10,20H,8-9,11H2,1-2H3. The zero-order chi connectivity index (χ0) is 17.9. The Labute approximate surface area is 150 Å². The van der Waals surface area contributed by atoms with Crippen LogP contribution >= 0.6 is 0 Å². The number of benzene rings is 2. The molecule has 0 saturated heterocycles. The number of aryl methyl sites for hydroxylation is 1. The van der Waals surface area contributed by atoms with E-state index in [9.17, 15) is 0 Å². The van der Waals surface area contributed by atoms with Crippen molar-refractivity contribution in [1.29, 1.82) is 0 Å². The van der Waals surface area contributed by atoms with Crippen LogP contribution in [0.4, 0.5) is 5.69 Å². The SMILES string of the molecule is COc1cc(-c2noc(CNc3cccc4c3OCCO4)n2)ccc1C. The van der Waals surface area contributed by atoms with Crippen molar-refractivity contribution in [2.75, 3.05) is 25.6 Å². The predicted molar refractivity (Wildman–Crippen MR) is 95.8 cm³/mol. The van der Waals surface area contributed by atoms with E-state index >= 15 is 0 Å². The maximum Gasteiger partial charge on any atom is 0.246 e. The second-order valence-electron chi connectivity index (χ2n) is 5.88. The highest BCUT2D eigenvalue weighted by Gasteiger charge is 2.16. The first-order valence-corrected chi connectivity index (χ1v) is 8.34. The van der Waals surface area contributed by atoms with Gasteiger partial charge in [-0.25, -0.2) is 0 Å². The van der Waals surface area contributed by atoms with Gasteiger partial charge in [-0.1, -0.05) is 23.4 Å². The summed E-state index contributed by atoms with van der Waals surface area (Å²) in [5, 5.41) is 7.31. The molecule has 1 aliphatic heterocycles. The van der Waals surface area contributed by atoms with Gasteiger partial charge in [0.1, 0.15) is 19.0 Å². The molecule has 0 saturated carbocycles.